The summed E-state index contributed by atoms with van der Waals surface area (Å²) in [7, 11) is -0.377. The molecule has 0 aliphatic carbocycles. The van der Waals surface area contributed by atoms with E-state index >= 15 is 0 Å². The van der Waals surface area contributed by atoms with Crippen LogP contribution in [0.4, 0.5) is 4.79 Å². The zero-order chi connectivity index (χ0) is 18.2. The molecule has 2 aliphatic rings. The monoisotopic (exact) mass is 347 g/mol. The van der Waals surface area contributed by atoms with Crippen molar-refractivity contribution in [2.24, 2.45) is 0 Å². The third kappa shape index (κ3) is 3.77. The topological polar surface area (TPSA) is 68.2 Å². The molecule has 136 valence electrons. The quantitative estimate of drug-likeness (QED) is 0.851. The molecule has 25 heavy (non-hydrogen) atoms. The van der Waals surface area contributed by atoms with E-state index < -0.39 is 6.09 Å². The lowest BCUT2D eigenvalue weighted by atomic mass is 9.79. The first-order chi connectivity index (χ1) is 11.7. The highest BCUT2D eigenvalue weighted by Gasteiger charge is 2.51. The van der Waals surface area contributed by atoms with Gasteiger partial charge in [0.25, 0.3) is 0 Å². The number of amides is 1. The van der Waals surface area contributed by atoms with Crippen molar-refractivity contribution in [3.8, 4) is 5.75 Å². The molecule has 0 spiro atoms. The zero-order valence-electron chi connectivity index (χ0n) is 15.3. The number of benzene rings is 1. The number of hydrogen-bond acceptors (Lipinski definition) is 4. The smallest absolute Gasteiger partial charge is 0.490 e. The highest BCUT2D eigenvalue weighted by atomic mass is 16.7. The number of likely N-dealkylation sites (tertiary alicyclic amines) is 1. The molecule has 1 amide bonds. The fourth-order valence-corrected chi connectivity index (χ4v) is 3.04. The minimum atomic E-state index is -0.856. The van der Waals surface area contributed by atoms with Crippen LogP contribution in [-0.2, 0) is 9.31 Å². The number of rotatable bonds is 3. The molecule has 0 saturated carbocycles. The summed E-state index contributed by atoms with van der Waals surface area (Å²) in [6.07, 6.45) is 0.625. The molecule has 0 atom stereocenters. The van der Waals surface area contributed by atoms with Crippen LogP contribution in [0.5, 0.6) is 5.75 Å². The number of carbonyl (C=O) groups is 1. The predicted molar refractivity (Wildman–Crippen MR) is 95.4 cm³/mol. The maximum Gasteiger partial charge on any atom is 0.494 e. The first-order valence-corrected chi connectivity index (χ1v) is 8.78. The van der Waals surface area contributed by atoms with E-state index in [4.69, 9.17) is 19.2 Å². The van der Waals surface area contributed by atoms with E-state index in [1.165, 1.54) is 4.90 Å². The van der Waals surface area contributed by atoms with Gasteiger partial charge in [0.15, 0.2) is 0 Å². The van der Waals surface area contributed by atoms with E-state index in [1.807, 2.05) is 52.0 Å². The number of ether oxygens (including phenoxy) is 1. The van der Waals surface area contributed by atoms with Crippen LogP contribution >= 0.6 is 0 Å². The second kappa shape index (κ2) is 6.54. The van der Waals surface area contributed by atoms with Gasteiger partial charge in [0, 0.05) is 25.9 Å². The minimum Gasteiger partial charge on any atom is -0.490 e. The summed E-state index contributed by atoms with van der Waals surface area (Å²) in [5.74, 6) is 0.786. The van der Waals surface area contributed by atoms with Crippen molar-refractivity contribution >= 4 is 18.7 Å². The molecule has 2 fully saturated rings. The van der Waals surface area contributed by atoms with Crippen LogP contribution in [0.3, 0.4) is 0 Å². The first kappa shape index (κ1) is 18.1. The Morgan fingerprint density at radius 3 is 2.12 bits per heavy atom. The van der Waals surface area contributed by atoms with Gasteiger partial charge in [-0.1, -0.05) is 12.1 Å². The Labute approximate surface area is 149 Å². The van der Waals surface area contributed by atoms with Gasteiger partial charge in [0.1, 0.15) is 11.9 Å². The largest absolute Gasteiger partial charge is 0.494 e. The molecule has 6 nitrogen and oxygen atoms in total. The van der Waals surface area contributed by atoms with Gasteiger partial charge in [0.2, 0.25) is 0 Å². The Bertz CT molecular complexity index is 607. The van der Waals surface area contributed by atoms with Crippen molar-refractivity contribution < 1.29 is 23.9 Å². The third-order valence-corrected chi connectivity index (χ3v) is 5.42. The SMILES string of the molecule is CC1(C)OB(c2ccc(OC3CCN(C(=O)O)CC3)cc2)OC1(C)C. The molecule has 0 bridgehead atoms. The second-order valence-corrected chi connectivity index (χ2v) is 7.74. The van der Waals surface area contributed by atoms with Crippen LogP contribution in [0.15, 0.2) is 24.3 Å². The van der Waals surface area contributed by atoms with Gasteiger partial charge in [-0.05, 0) is 45.3 Å². The molecule has 0 radical (unpaired) electrons. The predicted octanol–water partition coefficient (Wildman–Crippen LogP) is 2.51. The fourth-order valence-electron chi connectivity index (χ4n) is 3.04. The van der Waals surface area contributed by atoms with Crippen LogP contribution in [0.1, 0.15) is 40.5 Å². The van der Waals surface area contributed by atoms with Crippen LogP contribution in [0.2, 0.25) is 0 Å². The maximum absolute atomic E-state index is 10.9. The van der Waals surface area contributed by atoms with Gasteiger partial charge in [-0.25, -0.2) is 4.79 Å². The molecule has 0 aromatic heterocycles. The third-order valence-electron chi connectivity index (χ3n) is 5.42. The molecule has 7 heteroatoms. The summed E-state index contributed by atoms with van der Waals surface area (Å²) in [5.41, 5.74) is 0.252. The molecule has 3 rings (SSSR count). The second-order valence-electron chi connectivity index (χ2n) is 7.74. The van der Waals surface area contributed by atoms with Gasteiger partial charge >= 0.3 is 13.2 Å². The van der Waals surface area contributed by atoms with Crippen molar-refractivity contribution in [2.75, 3.05) is 13.1 Å². The van der Waals surface area contributed by atoms with E-state index in [0.717, 1.165) is 11.2 Å². The standard InChI is InChI=1S/C18H26BNO5/c1-17(2)18(3,4)25-19(24-17)13-5-7-14(8-6-13)23-15-9-11-20(12-10-15)16(21)22/h5-8,15H,9-12H2,1-4H3,(H,21,22). The van der Waals surface area contributed by atoms with Crippen molar-refractivity contribution in [3.63, 3.8) is 0 Å². The summed E-state index contributed by atoms with van der Waals surface area (Å²) < 4.78 is 18.1. The Hall–Kier alpha value is -1.73. The van der Waals surface area contributed by atoms with Crippen LogP contribution < -0.4 is 10.2 Å². The van der Waals surface area contributed by atoms with Crippen LogP contribution in [-0.4, -0.2) is 53.6 Å². The average molecular weight is 347 g/mol. The lowest BCUT2D eigenvalue weighted by Crippen LogP contribution is -2.41. The molecule has 1 N–H and O–H groups in total. The summed E-state index contributed by atoms with van der Waals surface area (Å²) in [6, 6.07) is 7.77. The van der Waals surface area contributed by atoms with Crippen LogP contribution in [0, 0.1) is 0 Å². The molecular weight excluding hydrogens is 321 g/mol. The fraction of sp³-hybridized carbons (Fsp3) is 0.611. The van der Waals surface area contributed by atoms with Crippen molar-refractivity contribution in [3.05, 3.63) is 24.3 Å². The molecule has 2 aliphatic heterocycles. The number of carboxylic acid groups (broad SMARTS) is 1. The summed E-state index contributed by atoms with van der Waals surface area (Å²) >= 11 is 0. The average Bonchev–Trinajstić information content (AvgIpc) is 2.76. The minimum absolute atomic E-state index is 0.0540. The Morgan fingerprint density at radius 2 is 1.64 bits per heavy atom. The summed E-state index contributed by atoms with van der Waals surface area (Å²) in [4.78, 5) is 12.4. The number of hydrogen-bond donors (Lipinski definition) is 1. The van der Waals surface area contributed by atoms with Crippen molar-refractivity contribution in [1.82, 2.24) is 4.90 Å². The molecule has 2 heterocycles. The summed E-state index contributed by atoms with van der Waals surface area (Å²) in [6.45, 7) is 9.18. The van der Waals surface area contributed by atoms with Gasteiger partial charge in [-0.2, -0.15) is 0 Å². The lowest BCUT2D eigenvalue weighted by Gasteiger charge is -2.32. The molecule has 1 aromatic rings. The molecule has 1 aromatic carbocycles. The van der Waals surface area contributed by atoms with Gasteiger partial charge in [-0.3, -0.25) is 0 Å². The molecule has 0 unspecified atom stereocenters. The lowest BCUT2D eigenvalue weighted by molar-refractivity contribution is 0.00578. The van der Waals surface area contributed by atoms with Crippen molar-refractivity contribution in [1.29, 1.82) is 0 Å². The van der Waals surface area contributed by atoms with Gasteiger partial charge < -0.3 is 24.1 Å². The van der Waals surface area contributed by atoms with E-state index in [0.29, 0.717) is 25.9 Å². The van der Waals surface area contributed by atoms with Gasteiger partial charge in [-0.15, -0.1) is 0 Å². The number of piperidine rings is 1. The van der Waals surface area contributed by atoms with Gasteiger partial charge in [0.05, 0.1) is 11.2 Å². The Morgan fingerprint density at radius 1 is 1.12 bits per heavy atom. The first-order valence-electron chi connectivity index (χ1n) is 8.78. The summed E-state index contributed by atoms with van der Waals surface area (Å²) in [5, 5.41) is 8.98. The highest BCUT2D eigenvalue weighted by molar-refractivity contribution is 6.62. The normalized spacial score (nSPS) is 22.9. The molecule has 2 saturated heterocycles. The van der Waals surface area contributed by atoms with Crippen LogP contribution in [0.25, 0.3) is 0 Å². The van der Waals surface area contributed by atoms with Crippen molar-refractivity contribution in [2.45, 2.75) is 57.8 Å². The Kier molecular flexibility index (Phi) is 4.73. The van der Waals surface area contributed by atoms with E-state index in [9.17, 15) is 4.79 Å². The van der Waals surface area contributed by atoms with E-state index in [2.05, 4.69) is 0 Å². The Balaban J connectivity index is 1.58. The highest BCUT2D eigenvalue weighted by Crippen LogP contribution is 2.36. The molecular formula is C18H26BNO5. The van der Waals surface area contributed by atoms with E-state index in [-0.39, 0.29) is 24.4 Å². The zero-order valence-corrected chi connectivity index (χ0v) is 15.3. The van der Waals surface area contributed by atoms with E-state index in [1.54, 1.807) is 0 Å². The maximum atomic E-state index is 10.9. The number of nitrogens with zero attached hydrogens (tertiary/aromatic N) is 1.